The third kappa shape index (κ3) is 1.85. The van der Waals surface area contributed by atoms with Gasteiger partial charge in [-0.2, -0.15) is 0 Å². The molecular weight excluding hydrogens is 182 g/mol. The van der Waals surface area contributed by atoms with Crippen LogP contribution in [-0.2, 0) is 11.4 Å². The van der Waals surface area contributed by atoms with Crippen LogP contribution in [0.5, 0.6) is 0 Å². The summed E-state index contributed by atoms with van der Waals surface area (Å²) in [6.07, 6.45) is 0. The molecule has 0 amide bonds. The molecule has 1 aromatic rings. The van der Waals surface area contributed by atoms with E-state index in [0.29, 0.717) is 16.8 Å². The van der Waals surface area contributed by atoms with E-state index in [9.17, 15) is 4.79 Å². The lowest BCUT2D eigenvalue weighted by Crippen LogP contribution is -2.11. The van der Waals surface area contributed by atoms with Crippen LogP contribution in [-0.4, -0.2) is 16.2 Å². The number of aliphatic hydroxyl groups excluding tert-OH is 1. The Morgan fingerprint density at radius 3 is 2.71 bits per heavy atom. The number of aliphatic hydroxyl groups is 1. The molecular formula is C10H13NO3. The van der Waals surface area contributed by atoms with Crippen molar-refractivity contribution in [1.29, 1.82) is 0 Å². The highest BCUT2D eigenvalue weighted by Gasteiger charge is 2.17. The second-order valence-electron chi connectivity index (χ2n) is 3.14. The molecule has 1 aromatic carbocycles. The molecule has 14 heavy (non-hydrogen) atoms. The first kappa shape index (κ1) is 10.5. The number of aliphatic carboxylic acids is 1. The van der Waals surface area contributed by atoms with Gasteiger partial charge in [-0.15, -0.1) is 0 Å². The van der Waals surface area contributed by atoms with E-state index in [4.69, 9.17) is 15.9 Å². The summed E-state index contributed by atoms with van der Waals surface area (Å²) in [7, 11) is 0. The van der Waals surface area contributed by atoms with Crippen LogP contribution in [0.15, 0.2) is 18.2 Å². The number of hydrogen-bond acceptors (Lipinski definition) is 3. The van der Waals surface area contributed by atoms with Crippen molar-refractivity contribution in [3.8, 4) is 0 Å². The summed E-state index contributed by atoms with van der Waals surface area (Å²) in [5.41, 5.74) is 7.19. The third-order valence-corrected chi connectivity index (χ3v) is 2.24. The average molecular weight is 195 g/mol. The molecule has 1 rings (SSSR count). The lowest BCUT2D eigenvalue weighted by atomic mass is 9.97. The second kappa shape index (κ2) is 4.11. The van der Waals surface area contributed by atoms with Gasteiger partial charge in [-0.3, -0.25) is 4.79 Å². The Labute approximate surface area is 82.0 Å². The van der Waals surface area contributed by atoms with Gasteiger partial charge in [-0.05, 0) is 12.5 Å². The van der Waals surface area contributed by atoms with E-state index in [1.54, 1.807) is 25.1 Å². The second-order valence-corrected chi connectivity index (χ2v) is 3.14. The molecule has 0 aliphatic heterocycles. The molecule has 0 bridgehead atoms. The predicted octanol–water partition coefficient (Wildman–Crippen LogP) is 0.949. The highest BCUT2D eigenvalue weighted by atomic mass is 16.4. The molecule has 4 nitrogen and oxygen atoms in total. The fraction of sp³-hybridized carbons (Fsp3) is 0.300. The van der Waals surface area contributed by atoms with Gasteiger partial charge in [-0.25, -0.2) is 0 Å². The lowest BCUT2D eigenvalue weighted by molar-refractivity contribution is -0.138. The van der Waals surface area contributed by atoms with Gasteiger partial charge in [0.2, 0.25) is 0 Å². The molecule has 0 radical (unpaired) electrons. The van der Waals surface area contributed by atoms with Crippen LogP contribution in [0.4, 0.5) is 5.69 Å². The molecule has 1 atom stereocenters. The maximum atomic E-state index is 10.7. The van der Waals surface area contributed by atoms with Gasteiger partial charge >= 0.3 is 5.97 Å². The molecule has 0 heterocycles. The average Bonchev–Trinajstić information content (AvgIpc) is 2.17. The largest absolute Gasteiger partial charge is 0.481 e. The maximum absolute atomic E-state index is 10.7. The maximum Gasteiger partial charge on any atom is 0.310 e. The van der Waals surface area contributed by atoms with Crippen LogP contribution in [0.1, 0.15) is 24.0 Å². The van der Waals surface area contributed by atoms with E-state index < -0.39 is 11.9 Å². The van der Waals surface area contributed by atoms with Crippen molar-refractivity contribution in [1.82, 2.24) is 0 Å². The minimum Gasteiger partial charge on any atom is -0.481 e. The summed E-state index contributed by atoms with van der Waals surface area (Å²) in [6, 6.07) is 5.03. The number of anilines is 1. The van der Waals surface area contributed by atoms with Crippen LogP contribution in [0.25, 0.3) is 0 Å². The van der Waals surface area contributed by atoms with E-state index in [2.05, 4.69) is 0 Å². The molecule has 4 heteroatoms. The predicted molar refractivity (Wildman–Crippen MR) is 52.8 cm³/mol. The summed E-state index contributed by atoms with van der Waals surface area (Å²) >= 11 is 0. The molecule has 0 aliphatic carbocycles. The number of para-hydroxylation sites is 1. The van der Waals surface area contributed by atoms with Gasteiger partial charge < -0.3 is 15.9 Å². The van der Waals surface area contributed by atoms with Crippen molar-refractivity contribution < 1.29 is 15.0 Å². The zero-order chi connectivity index (χ0) is 10.7. The standard InChI is InChI=1S/C10H13NO3/c1-6(10(13)14)8-4-2-3-7(5-12)9(8)11/h2-4,6,12H,5,11H2,1H3,(H,13,14). The molecule has 1 unspecified atom stereocenters. The smallest absolute Gasteiger partial charge is 0.310 e. The Bertz CT molecular complexity index is 349. The Morgan fingerprint density at radius 1 is 1.57 bits per heavy atom. The van der Waals surface area contributed by atoms with Crippen molar-refractivity contribution in [3.05, 3.63) is 29.3 Å². The number of nitrogens with two attached hydrogens (primary N) is 1. The normalized spacial score (nSPS) is 12.4. The first-order valence-electron chi connectivity index (χ1n) is 4.28. The van der Waals surface area contributed by atoms with E-state index in [1.807, 2.05) is 0 Å². The minimum absolute atomic E-state index is 0.175. The molecule has 0 spiro atoms. The number of nitrogen functional groups attached to an aromatic ring is 1. The van der Waals surface area contributed by atoms with Gasteiger partial charge in [0.1, 0.15) is 0 Å². The summed E-state index contributed by atoms with van der Waals surface area (Å²) in [5.74, 6) is -1.58. The molecule has 0 aliphatic rings. The van der Waals surface area contributed by atoms with Crippen molar-refractivity contribution in [2.75, 3.05) is 5.73 Å². The van der Waals surface area contributed by atoms with Crippen LogP contribution in [0, 0.1) is 0 Å². The molecule has 0 saturated carbocycles. The number of carboxylic acids is 1. The Hall–Kier alpha value is -1.55. The zero-order valence-corrected chi connectivity index (χ0v) is 7.90. The van der Waals surface area contributed by atoms with Crippen molar-refractivity contribution in [2.45, 2.75) is 19.4 Å². The van der Waals surface area contributed by atoms with Crippen molar-refractivity contribution in [2.24, 2.45) is 0 Å². The molecule has 76 valence electrons. The summed E-state index contributed by atoms with van der Waals surface area (Å²) in [6.45, 7) is 1.39. The number of carbonyl (C=O) groups is 1. The van der Waals surface area contributed by atoms with Crippen LogP contribution >= 0.6 is 0 Å². The van der Waals surface area contributed by atoms with Crippen LogP contribution < -0.4 is 5.73 Å². The first-order valence-corrected chi connectivity index (χ1v) is 4.28. The van der Waals surface area contributed by atoms with Crippen molar-refractivity contribution in [3.63, 3.8) is 0 Å². The fourth-order valence-electron chi connectivity index (χ4n) is 1.28. The van der Waals surface area contributed by atoms with Gasteiger partial charge in [-0.1, -0.05) is 18.2 Å². The highest BCUT2D eigenvalue weighted by Crippen LogP contribution is 2.25. The van der Waals surface area contributed by atoms with Crippen LogP contribution in [0.3, 0.4) is 0 Å². The first-order chi connectivity index (χ1) is 6.57. The topological polar surface area (TPSA) is 83.5 Å². The third-order valence-electron chi connectivity index (χ3n) is 2.24. The molecule has 0 saturated heterocycles. The van der Waals surface area contributed by atoms with Crippen LogP contribution in [0.2, 0.25) is 0 Å². The number of benzene rings is 1. The molecule has 4 N–H and O–H groups in total. The monoisotopic (exact) mass is 195 g/mol. The van der Waals surface area contributed by atoms with E-state index in [1.165, 1.54) is 0 Å². The number of carboxylic acid groups (broad SMARTS) is 1. The summed E-state index contributed by atoms with van der Waals surface area (Å²) in [5, 5.41) is 17.7. The molecule has 0 aromatic heterocycles. The molecule has 0 fully saturated rings. The Morgan fingerprint density at radius 2 is 2.21 bits per heavy atom. The van der Waals surface area contributed by atoms with E-state index in [-0.39, 0.29) is 6.61 Å². The van der Waals surface area contributed by atoms with Crippen molar-refractivity contribution >= 4 is 11.7 Å². The Balaban J connectivity index is 3.15. The zero-order valence-electron chi connectivity index (χ0n) is 7.90. The fourth-order valence-corrected chi connectivity index (χ4v) is 1.28. The lowest BCUT2D eigenvalue weighted by Gasteiger charge is -2.12. The SMILES string of the molecule is CC(C(=O)O)c1cccc(CO)c1N. The van der Waals surface area contributed by atoms with Gasteiger partial charge in [0.15, 0.2) is 0 Å². The van der Waals surface area contributed by atoms with Gasteiger partial charge in [0.05, 0.1) is 12.5 Å². The van der Waals surface area contributed by atoms with Gasteiger partial charge in [0.25, 0.3) is 0 Å². The summed E-state index contributed by atoms with van der Waals surface area (Å²) in [4.78, 5) is 10.7. The summed E-state index contributed by atoms with van der Waals surface area (Å²) < 4.78 is 0. The quantitative estimate of drug-likeness (QED) is 0.627. The number of hydrogen-bond donors (Lipinski definition) is 3. The van der Waals surface area contributed by atoms with Gasteiger partial charge in [0, 0.05) is 11.3 Å². The number of rotatable bonds is 3. The van der Waals surface area contributed by atoms with E-state index in [0.717, 1.165) is 0 Å². The highest BCUT2D eigenvalue weighted by molar-refractivity contribution is 5.78. The minimum atomic E-state index is -0.924. The van der Waals surface area contributed by atoms with E-state index >= 15 is 0 Å². The Kier molecular flexibility index (Phi) is 3.09.